The summed E-state index contributed by atoms with van der Waals surface area (Å²) in [5, 5.41) is 7.85. The summed E-state index contributed by atoms with van der Waals surface area (Å²) in [6.45, 7) is 2.09. The molecule has 1 atom stereocenters. The number of thioether (sulfide) groups is 1. The monoisotopic (exact) mass is 370 g/mol. The molecule has 0 N–H and O–H groups in total. The van der Waals surface area contributed by atoms with E-state index in [2.05, 4.69) is 10.2 Å². The average molecular weight is 370 g/mol. The van der Waals surface area contributed by atoms with Crippen LogP contribution in [0.2, 0.25) is 0 Å². The van der Waals surface area contributed by atoms with Crippen LogP contribution in [0.5, 0.6) is 5.75 Å². The standard InChI is InChI=1S/C19H18N2O4S/c1-3-24-18(22)16(13-7-5-4-6-8-13)26-19-21-20-17(25-19)14-9-11-15(23-2)12-10-14/h4-12,16H,3H2,1-2H3/t16-/m1/s1. The van der Waals surface area contributed by atoms with Crippen molar-refractivity contribution in [2.75, 3.05) is 13.7 Å². The lowest BCUT2D eigenvalue weighted by Gasteiger charge is -2.13. The first-order valence-electron chi connectivity index (χ1n) is 8.07. The second-order valence-corrected chi connectivity index (χ2v) is 6.32. The lowest BCUT2D eigenvalue weighted by atomic mass is 10.1. The molecule has 0 aliphatic carbocycles. The average Bonchev–Trinajstić information content (AvgIpc) is 3.16. The van der Waals surface area contributed by atoms with E-state index in [1.54, 1.807) is 14.0 Å². The van der Waals surface area contributed by atoms with Crippen LogP contribution in [-0.2, 0) is 9.53 Å². The van der Waals surface area contributed by atoms with Crippen molar-refractivity contribution in [1.82, 2.24) is 10.2 Å². The first-order chi connectivity index (χ1) is 12.7. The molecular formula is C19H18N2O4S. The van der Waals surface area contributed by atoms with Gasteiger partial charge in [-0.05, 0) is 48.5 Å². The highest BCUT2D eigenvalue weighted by atomic mass is 32.2. The van der Waals surface area contributed by atoms with Gasteiger partial charge in [-0.1, -0.05) is 30.3 Å². The molecule has 1 aromatic heterocycles. The molecule has 6 nitrogen and oxygen atoms in total. The molecule has 0 saturated heterocycles. The van der Waals surface area contributed by atoms with Crippen LogP contribution in [0, 0.1) is 0 Å². The number of rotatable bonds is 7. The second-order valence-electron chi connectivity index (χ2n) is 5.26. The summed E-state index contributed by atoms with van der Waals surface area (Å²) in [6, 6.07) is 16.7. The van der Waals surface area contributed by atoms with Crippen molar-refractivity contribution in [1.29, 1.82) is 0 Å². The SMILES string of the molecule is CCOC(=O)[C@H](Sc1nnc(-c2ccc(OC)cc2)o1)c1ccccc1. The molecular weight excluding hydrogens is 352 g/mol. The highest BCUT2D eigenvalue weighted by Crippen LogP contribution is 2.36. The number of hydrogen-bond donors (Lipinski definition) is 0. The van der Waals surface area contributed by atoms with Crippen LogP contribution in [0.1, 0.15) is 17.7 Å². The Hall–Kier alpha value is -2.80. The lowest BCUT2D eigenvalue weighted by molar-refractivity contribution is -0.142. The van der Waals surface area contributed by atoms with E-state index in [1.165, 1.54) is 11.8 Å². The zero-order valence-electron chi connectivity index (χ0n) is 14.4. The molecule has 1 heterocycles. The highest BCUT2D eigenvalue weighted by Gasteiger charge is 2.26. The predicted molar refractivity (Wildman–Crippen MR) is 98.0 cm³/mol. The van der Waals surface area contributed by atoms with Crippen LogP contribution in [0.25, 0.3) is 11.5 Å². The first-order valence-corrected chi connectivity index (χ1v) is 8.95. The number of hydrogen-bond acceptors (Lipinski definition) is 7. The third-order valence-corrected chi connectivity index (χ3v) is 4.63. The number of ether oxygens (including phenoxy) is 2. The lowest BCUT2D eigenvalue weighted by Crippen LogP contribution is -2.13. The van der Waals surface area contributed by atoms with E-state index in [-0.39, 0.29) is 5.97 Å². The normalized spacial score (nSPS) is 11.8. The Labute approximate surface area is 155 Å². The molecule has 0 spiro atoms. The van der Waals surface area contributed by atoms with Crippen LogP contribution in [0.3, 0.4) is 0 Å². The molecule has 2 aromatic carbocycles. The predicted octanol–water partition coefficient (Wildman–Crippen LogP) is 4.14. The molecule has 0 aliphatic heterocycles. The van der Waals surface area contributed by atoms with Gasteiger partial charge in [0.25, 0.3) is 5.22 Å². The van der Waals surface area contributed by atoms with Crippen molar-refractivity contribution in [2.45, 2.75) is 17.4 Å². The Morgan fingerprint density at radius 2 is 1.85 bits per heavy atom. The summed E-state index contributed by atoms with van der Waals surface area (Å²) in [4.78, 5) is 12.3. The fourth-order valence-corrected chi connectivity index (χ4v) is 3.18. The Morgan fingerprint density at radius 1 is 1.12 bits per heavy atom. The largest absolute Gasteiger partial charge is 0.497 e. The maximum Gasteiger partial charge on any atom is 0.324 e. The number of nitrogens with zero attached hydrogens (tertiary/aromatic N) is 2. The van der Waals surface area contributed by atoms with E-state index in [9.17, 15) is 4.79 Å². The number of benzene rings is 2. The molecule has 0 aliphatic rings. The first kappa shape index (κ1) is 18.0. The van der Waals surface area contributed by atoms with Crippen LogP contribution in [0.15, 0.2) is 64.2 Å². The quantitative estimate of drug-likeness (QED) is 0.457. The third-order valence-electron chi connectivity index (χ3n) is 3.57. The van der Waals surface area contributed by atoms with Gasteiger partial charge in [0.2, 0.25) is 5.89 Å². The highest BCUT2D eigenvalue weighted by molar-refractivity contribution is 8.00. The van der Waals surface area contributed by atoms with Gasteiger partial charge in [0.1, 0.15) is 11.0 Å². The molecule has 134 valence electrons. The number of methoxy groups -OCH3 is 1. The summed E-state index contributed by atoms with van der Waals surface area (Å²) in [5.74, 6) is 0.785. The van der Waals surface area contributed by atoms with Crippen molar-refractivity contribution in [3.05, 3.63) is 60.2 Å². The molecule has 26 heavy (non-hydrogen) atoms. The van der Waals surface area contributed by atoms with Crippen LogP contribution < -0.4 is 4.74 Å². The fraction of sp³-hybridized carbons (Fsp3) is 0.211. The van der Waals surface area contributed by atoms with E-state index in [1.807, 2.05) is 54.6 Å². The number of esters is 1. The van der Waals surface area contributed by atoms with E-state index >= 15 is 0 Å². The van der Waals surface area contributed by atoms with Gasteiger partial charge in [0, 0.05) is 5.56 Å². The van der Waals surface area contributed by atoms with Gasteiger partial charge in [-0.15, -0.1) is 10.2 Å². The van der Waals surface area contributed by atoms with Gasteiger partial charge < -0.3 is 13.9 Å². The maximum absolute atomic E-state index is 12.3. The molecule has 0 radical (unpaired) electrons. The Balaban J connectivity index is 1.81. The maximum atomic E-state index is 12.3. The molecule has 3 rings (SSSR count). The van der Waals surface area contributed by atoms with Gasteiger partial charge in [0.05, 0.1) is 13.7 Å². The molecule has 3 aromatic rings. The van der Waals surface area contributed by atoms with Gasteiger partial charge in [-0.2, -0.15) is 0 Å². The molecule has 0 bridgehead atoms. The van der Waals surface area contributed by atoms with Crippen molar-refractivity contribution < 1.29 is 18.7 Å². The minimum absolute atomic E-state index is 0.303. The third kappa shape index (κ3) is 4.23. The van der Waals surface area contributed by atoms with Crippen molar-refractivity contribution in [2.24, 2.45) is 0 Å². The van der Waals surface area contributed by atoms with E-state index < -0.39 is 5.25 Å². The molecule has 0 fully saturated rings. The molecule has 7 heteroatoms. The number of carbonyl (C=O) groups is 1. The van der Waals surface area contributed by atoms with Gasteiger partial charge in [-0.25, -0.2) is 0 Å². The Morgan fingerprint density at radius 3 is 2.50 bits per heavy atom. The number of carbonyl (C=O) groups excluding carboxylic acids is 1. The molecule has 0 amide bonds. The zero-order chi connectivity index (χ0) is 18.4. The van der Waals surface area contributed by atoms with Crippen molar-refractivity contribution in [3.63, 3.8) is 0 Å². The smallest absolute Gasteiger partial charge is 0.324 e. The summed E-state index contributed by atoms with van der Waals surface area (Å²) in [7, 11) is 1.61. The molecule has 0 unspecified atom stereocenters. The van der Waals surface area contributed by atoms with Crippen LogP contribution >= 0.6 is 11.8 Å². The summed E-state index contributed by atoms with van der Waals surface area (Å²) in [6.07, 6.45) is 0. The van der Waals surface area contributed by atoms with Gasteiger partial charge in [-0.3, -0.25) is 4.79 Å². The van der Waals surface area contributed by atoms with E-state index in [4.69, 9.17) is 13.9 Å². The van der Waals surface area contributed by atoms with Crippen LogP contribution in [-0.4, -0.2) is 29.9 Å². The van der Waals surface area contributed by atoms with Crippen LogP contribution in [0.4, 0.5) is 0 Å². The summed E-state index contributed by atoms with van der Waals surface area (Å²) in [5.41, 5.74) is 1.60. The summed E-state index contributed by atoms with van der Waals surface area (Å²) < 4.78 is 16.0. The zero-order valence-corrected chi connectivity index (χ0v) is 15.2. The van der Waals surface area contributed by atoms with E-state index in [0.29, 0.717) is 17.7 Å². The van der Waals surface area contributed by atoms with Gasteiger partial charge in [0.15, 0.2) is 0 Å². The van der Waals surface area contributed by atoms with E-state index in [0.717, 1.165) is 16.9 Å². The topological polar surface area (TPSA) is 74.5 Å². The molecule has 0 saturated carbocycles. The second kappa shape index (κ2) is 8.53. The Bertz CT molecular complexity index is 849. The van der Waals surface area contributed by atoms with Gasteiger partial charge >= 0.3 is 5.97 Å². The fourth-order valence-electron chi connectivity index (χ4n) is 2.31. The van der Waals surface area contributed by atoms with Crippen molar-refractivity contribution in [3.8, 4) is 17.2 Å². The minimum atomic E-state index is -0.569. The minimum Gasteiger partial charge on any atom is -0.497 e. The number of aromatic nitrogens is 2. The van der Waals surface area contributed by atoms with Crippen molar-refractivity contribution >= 4 is 17.7 Å². The Kier molecular flexibility index (Phi) is 5.91. The summed E-state index contributed by atoms with van der Waals surface area (Å²) >= 11 is 1.17.